The lowest BCUT2D eigenvalue weighted by atomic mass is 9.97. The number of nitrogens with zero attached hydrogens (tertiary/aromatic N) is 2. The third-order valence-corrected chi connectivity index (χ3v) is 3.12. The van der Waals surface area contributed by atoms with Crippen LogP contribution in [0.25, 0.3) is 0 Å². The Kier molecular flexibility index (Phi) is 2.85. The van der Waals surface area contributed by atoms with Crippen LogP contribution in [0.4, 0.5) is 0 Å². The summed E-state index contributed by atoms with van der Waals surface area (Å²) in [5, 5.41) is 12.4. The van der Waals surface area contributed by atoms with Crippen LogP contribution in [-0.2, 0) is 4.74 Å². The van der Waals surface area contributed by atoms with Crippen molar-refractivity contribution in [1.29, 1.82) is 5.26 Å². The summed E-state index contributed by atoms with van der Waals surface area (Å²) in [6, 6.07) is 1.97. The summed E-state index contributed by atoms with van der Waals surface area (Å²) < 4.78 is 11.1. The Morgan fingerprint density at radius 2 is 2.14 bits per heavy atom. The number of ether oxygens (including phenoxy) is 1. The van der Waals surface area contributed by atoms with Crippen molar-refractivity contribution in [1.82, 2.24) is 5.16 Å². The smallest absolute Gasteiger partial charge is 0.197 e. The molecule has 0 bridgehead atoms. The third-order valence-electron chi connectivity index (χ3n) is 2.36. The van der Waals surface area contributed by atoms with E-state index in [1.807, 2.05) is 6.07 Å². The number of hydrogen-bond donors (Lipinski definition) is 0. The predicted molar refractivity (Wildman–Crippen MR) is 51.7 cm³/mol. The first kappa shape index (κ1) is 9.69. The van der Waals surface area contributed by atoms with Crippen LogP contribution in [0, 0.1) is 11.3 Å². The molecule has 2 rings (SSSR count). The van der Waals surface area contributed by atoms with E-state index in [1.54, 1.807) is 0 Å². The van der Waals surface area contributed by atoms with Gasteiger partial charge in [-0.15, -0.1) is 0 Å². The maximum Gasteiger partial charge on any atom is 0.197 e. The fourth-order valence-electron chi connectivity index (χ4n) is 1.57. The Balaban J connectivity index is 2.23. The summed E-state index contributed by atoms with van der Waals surface area (Å²) in [5.41, 5.74) is 0.325. The molecule has 0 radical (unpaired) electrons. The maximum atomic E-state index is 8.70. The van der Waals surface area contributed by atoms with Gasteiger partial charge in [0.1, 0.15) is 6.07 Å². The predicted octanol–water partition coefficient (Wildman–Crippen LogP) is 2.20. The largest absolute Gasteiger partial charge is 0.381 e. The molecular weight excluding hydrogens is 248 g/mol. The highest BCUT2D eigenvalue weighted by Gasteiger charge is 2.24. The molecule has 1 aliphatic rings. The molecule has 4 nitrogen and oxygen atoms in total. The van der Waals surface area contributed by atoms with Gasteiger partial charge in [-0.2, -0.15) is 5.26 Å². The van der Waals surface area contributed by atoms with Gasteiger partial charge in [0.25, 0.3) is 0 Å². The molecule has 1 aliphatic heterocycles. The summed E-state index contributed by atoms with van der Waals surface area (Å²) in [4.78, 5) is 0. The fraction of sp³-hybridized carbons (Fsp3) is 0.556. The van der Waals surface area contributed by atoms with E-state index in [-0.39, 0.29) is 0 Å². The lowest BCUT2D eigenvalue weighted by Crippen LogP contribution is -2.13. The molecule has 0 N–H and O–H groups in total. The van der Waals surface area contributed by atoms with Gasteiger partial charge in [0.15, 0.2) is 11.5 Å². The van der Waals surface area contributed by atoms with Crippen LogP contribution in [0.15, 0.2) is 9.00 Å². The van der Waals surface area contributed by atoms with Crippen LogP contribution < -0.4 is 0 Å². The van der Waals surface area contributed by atoms with E-state index < -0.39 is 0 Å². The van der Waals surface area contributed by atoms with Gasteiger partial charge < -0.3 is 9.26 Å². The van der Waals surface area contributed by atoms with Crippen LogP contribution >= 0.6 is 15.9 Å². The summed E-state index contributed by atoms with van der Waals surface area (Å²) in [7, 11) is 0. The van der Waals surface area contributed by atoms with Crippen molar-refractivity contribution in [3.8, 4) is 6.07 Å². The van der Waals surface area contributed by atoms with Gasteiger partial charge in [0.05, 0.1) is 4.47 Å². The van der Waals surface area contributed by atoms with E-state index in [4.69, 9.17) is 14.5 Å². The molecule has 0 aromatic carbocycles. The second-order valence-electron chi connectivity index (χ2n) is 3.21. The molecule has 0 spiro atoms. The first-order chi connectivity index (χ1) is 6.83. The molecule has 74 valence electrons. The first-order valence-electron chi connectivity index (χ1n) is 4.46. The molecule has 0 amide bonds. The first-order valence-corrected chi connectivity index (χ1v) is 5.25. The van der Waals surface area contributed by atoms with Gasteiger partial charge in [-0.1, -0.05) is 5.16 Å². The van der Waals surface area contributed by atoms with Crippen molar-refractivity contribution in [3.05, 3.63) is 15.9 Å². The van der Waals surface area contributed by atoms with Crippen molar-refractivity contribution in [2.75, 3.05) is 13.2 Å². The zero-order valence-electron chi connectivity index (χ0n) is 7.49. The average Bonchev–Trinajstić information content (AvgIpc) is 2.61. The number of halogens is 1. The molecule has 1 aromatic heterocycles. The van der Waals surface area contributed by atoms with Crippen LogP contribution in [0.3, 0.4) is 0 Å². The Bertz CT molecular complexity index is 363. The minimum atomic E-state index is 0.325. The van der Waals surface area contributed by atoms with E-state index >= 15 is 0 Å². The zero-order chi connectivity index (χ0) is 9.97. The summed E-state index contributed by atoms with van der Waals surface area (Å²) >= 11 is 3.33. The highest BCUT2D eigenvalue weighted by molar-refractivity contribution is 9.10. The van der Waals surface area contributed by atoms with Crippen LogP contribution in [0.2, 0.25) is 0 Å². The minimum Gasteiger partial charge on any atom is -0.381 e. The molecule has 0 unspecified atom stereocenters. The van der Waals surface area contributed by atoms with Crippen molar-refractivity contribution in [2.45, 2.75) is 18.8 Å². The second-order valence-corrected chi connectivity index (χ2v) is 4.00. The van der Waals surface area contributed by atoms with Crippen molar-refractivity contribution in [3.63, 3.8) is 0 Å². The van der Waals surface area contributed by atoms with Crippen LogP contribution in [0.1, 0.15) is 30.2 Å². The molecule has 1 saturated heterocycles. The number of rotatable bonds is 1. The average molecular weight is 257 g/mol. The molecule has 1 fully saturated rings. The number of nitriles is 1. The zero-order valence-corrected chi connectivity index (χ0v) is 9.08. The lowest BCUT2D eigenvalue weighted by molar-refractivity contribution is 0.0789. The highest BCUT2D eigenvalue weighted by Crippen LogP contribution is 2.33. The Morgan fingerprint density at radius 1 is 1.43 bits per heavy atom. The summed E-state index contributed by atoms with van der Waals surface area (Å²) in [6.45, 7) is 1.50. The van der Waals surface area contributed by atoms with Gasteiger partial charge >= 0.3 is 0 Å². The lowest BCUT2D eigenvalue weighted by Gasteiger charge is -2.19. The van der Waals surface area contributed by atoms with Gasteiger partial charge in [-0.3, -0.25) is 0 Å². The van der Waals surface area contributed by atoms with Crippen molar-refractivity contribution in [2.24, 2.45) is 0 Å². The molecular formula is C9H9BrN2O2. The molecule has 5 heteroatoms. The molecule has 0 saturated carbocycles. The van der Waals surface area contributed by atoms with Crippen LogP contribution in [0.5, 0.6) is 0 Å². The quantitative estimate of drug-likeness (QED) is 0.773. The SMILES string of the molecule is N#Cc1noc(C2CCOCC2)c1Br. The van der Waals surface area contributed by atoms with E-state index in [0.717, 1.165) is 31.8 Å². The number of aromatic nitrogens is 1. The Labute approximate surface area is 90.0 Å². The van der Waals surface area contributed by atoms with Gasteiger partial charge in [0, 0.05) is 19.1 Å². The molecule has 14 heavy (non-hydrogen) atoms. The summed E-state index contributed by atoms with van der Waals surface area (Å²) in [6.07, 6.45) is 1.86. The molecule has 0 atom stereocenters. The topological polar surface area (TPSA) is 59.0 Å². The monoisotopic (exact) mass is 256 g/mol. The summed E-state index contributed by atoms with van der Waals surface area (Å²) in [5.74, 6) is 1.11. The van der Waals surface area contributed by atoms with Crippen LogP contribution in [-0.4, -0.2) is 18.4 Å². The van der Waals surface area contributed by atoms with E-state index in [0.29, 0.717) is 16.1 Å². The second kappa shape index (κ2) is 4.11. The van der Waals surface area contributed by atoms with Crippen molar-refractivity contribution < 1.29 is 9.26 Å². The molecule has 0 aliphatic carbocycles. The normalized spacial score (nSPS) is 18.0. The fourth-order valence-corrected chi connectivity index (χ4v) is 2.13. The third kappa shape index (κ3) is 1.68. The highest BCUT2D eigenvalue weighted by atomic mass is 79.9. The van der Waals surface area contributed by atoms with Crippen molar-refractivity contribution >= 4 is 15.9 Å². The molecule has 2 heterocycles. The standard InChI is InChI=1S/C9H9BrN2O2/c10-8-7(5-11)12-14-9(8)6-1-3-13-4-2-6/h6H,1-4H2. The Morgan fingerprint density at radius 3 is 2.71 bits per heavy atom. The van der Waals surface area contributed by atoms with Gasteiger partial charge in [-0.25, -0.2) is 0 Å². The van der Waals surface area contributed by atoms with E-state index in [9.17, 15) is 0 Å². The minimum absolute atomic E-state index is 0.325. The molecule has 1 aromatic rings. The number of hydrogen-bond acceptors (Lipinski definition) is 4. The van der Waals surface area contributed by atoms with Gasteiger partial charge in [-0.05, 0) is 28.8 Å². The Hall–Kier alpha value is -0.860. The van der Waals surface area contributed by atoms with E-state index in [2.05, 4.69) is 21.1 Å². The maximum absolute atomic E-state index is 8.70. The van der Waals surface area contributed by atoms with Gasteiger partial charge in [0.2, 0.25) is 0 Å². The van der Waals surface area contributed by atoms with E-state index in [1.165, 1.54) is 0 Å².